The molecule has 1 saturated carbocycles. The first-order valence-corrected chi connectivity index (χ1v) is 11.4. The van der Waals surface area contributed by atoms with Crippen molar-refractivity contribution in [1.29, 1.82) is 0 Å². The van der Waals surface area contributed by atoms with Crippen LogP contribution in [0.4, 0.5) is 0 Å². The molecule has 2 aliphatic carbocycles. The van der Waals surface area contributed by atoms with Gasteiger partial charge in [-0.3, -0.25) is 14.6 Å². The summed E-state index contributed by atoms with van der Waals surface area (Å²) in [5, 5.41) is 15.0. The van der Waals surface area contributed by atoms with Gasteiger partial charge in [-0.05, 0) is 23.3 Å². The largest absolute Gasteiger partial charge is 0.511 e. The van der Waals surface area contributed by atoms with Crippen LogP contribution in [-0.4, -0.2) is 34.1 Å². The van der Waals surface area contributed by atoms with Gasteiger partial charge in [0.05, 0.1) is 23.4 Å². The lowest BCUT2D eigenvalue weighted by molar-refractivity contribution is -0.117. The normalized spacial score (nSPS) is 22.8. The number of hydrogen-bond acceptors (Lipinski definition) is 6. The van der Waals surface area contributed by atoms with E-state index in [1.807, 2.05) is 44.2 Å². The highest BCUT2D eigenvalue weighted by Crippen LogP contribution is 2.37. The van der Waals surface area contributed by atoms with Crippen molar-refractivity contribution in [2.45, 2.75) is 58.3 Å². The molecule has 0 spiro atoms. The summed E-state index contributed by atoms with van der Waals surface area (Å²) in [7, 11) is 0. The molecule has 1 aromatic carbocycles. The van der Waals surface area contributed by atoms with E-state index in [9.17, 15) is 14.7 Å². The van der Waals surface area contributed by atoms with Crippen molar-refractivity contribution in [3.63, 3.8) is 0 Å². The zero-order chi connectivity index (χ0) is 23.6. The third kappa shape index (κ3) is 4.90. The van der Waals surface area contributed by atoms with E-state index in [1.165, 1.54) is 0 Å². The number of hydrogen-bond donors (Lipinski definition) is 1. The van der Waals surface area contributed by atoms with Crippen molar-refractivity contribution < 1.29 is 19.2 Å². The van der Waals surface area contributed by atoms with Crippen LogP contribution in [0, 0.1) is 5.41 Å². The van der Waals surface area contributed by atoms with Crippen LogP contribution < -0.4 is 0 Å². The molecule has 33 heavy (non-hydrogen) atoms. The van der Waals surface area contributed by atoms with Crippen LogP contribution in [0.3, 0.4) is 0 Å². The highest BCUT2D eigenvalue weighted by Gasteiger charge is 2.36. The number of aromatic nitrogens is 1. The Labute approximate surface area is 194 Å². The first-order valence-electron chi connectivity index (χ1n) is 11.4. The lowest BCUT2D eigenvalue weighted by atomic mass is 9.73. The topological polar surface area (TPSA) is 92.8 Å². The van der Waals surface area contributed by atoms with Gasteiger partial charge in [0.2, 0.25) is 0 Å². The summed E-state index contributed by atoms with van der Waals surface area (Å²) < 4.78 is 5.54. The quantitative estimate of drug-likeness (QED) is 0.367. The summed E-state index contributed by atoms with van der Waals surface area (Å²) in [6, 6.07) is 9.95. The number of rotatable bonds is 6. The van der Waals surface area contributed by atoms with Gasteiger partial charge >= 0.3 is 0 Å². The Balaban J connectivity index is 1.54. The zero-order valence-corrected chi connectivity index (χ0v) is 19.3. The summed E-state index contributed by atoms with van der Waals surface area (Å²) >= 11 is 0. The van der Waals surface area contributed by atoms with Gasteiger partial charge in [-0.1, -0.05) is 55.4 Å². The van der Waals surface area contributed by atoms with Crippen LogP contribution in [0.25, 0.3) is 0 Å². The average Bonchev–Trinajstić information content (AvgIpc) is 3.19. The molecule has 0 radical (unpaired) electrons. The summed E-state index contributed by atoms with van der Waals surface area (Å²) in [4.78, 5) is 30.2. The Bertz CT molecular complexity index is 1140. The van der Waals surface area contributed by atoms with E-state index < -0.39 is 0 Å². The van der Waals surface area contributed by atoms with Crippen LogP contribution in [0.2, 0.25) is 0 Å². The van der Waals surface area contributed by atoms with Gasteiger partial charge in [0, 0.05) is 37.8 Å². The molecule has 0 bridgehead atoms. The van der Waals surface area contributed by atoms with Crippen LogP contribution in [0.15, 0.2) is 63.8 Å². The van der Waals surface area contributed by atoms with E-state index >= 15 is 0 Å². The number of benzene rings is 1. The zero-order valence-electron chi connectivity index (χ0n) is 19.3. The number of carbonyl (C=O) groups is 2. The predicted molar refractivity (Wildman–Crippen MR) is 127 cm³/mol. The minimum absolute atomic E-state index is 0.000447. The lowest BCUT2D eigenvalue weighted by Gasteiger charge is -2.31. The molecule has 6 nitrogen and oxygen atoms in total. The second-order valence-electron chi connectivity index (χ2n) is 9.71. The lowest BCUT2D eigenvalue weighted by Crippen LogP contribution is -2.33. The fraction of sp³-hybridized carbons (Fsp3) is 0.407. The van der Waals surface area contributed by atoms with E-state index in [2.05, 4.69) is 16.7 Å². The van der Waals surface area contributed by atoms with Crippen molar-refractivity contribution in [3.8, 4) is 0 Å². The number of allylic oxidation sites excluding steroid dienone is 2. The van der Waals surface area contributed by atoms with Crippen molar-refractivity contribution in [1.82, 2.24) is 5.16 Å². The monoisotopic (exact) mass is 446 g/mol. The molecule has 0 saturated heterocycles. The van der Waals surface area contributed by atoms with Crippen LogP contribution in [0.5, 0.6) is 0 Å². The maximum atomic E-state index is 12.9. The Kier molecular flexibility index (Phi) is 6.45. The summed E-state index contributed by atoms with van der Waals surface area (Å²) in [5.74, 6) is 0.591. The third-order valence-electron chi connectivity index (χ3n) is 6.40. The average molecular weight is 447 g/mol. The molecule has 1 unspecified atom stereocenters. The first kappa shape index (κ1) is 22.9. The number of aryl methyl sites for hydroxylation is 1. The van der Waals surface area contributed by atoms with E-state index in [1.54, 1.807) is 6.08 Å². The number of carbonyl (C=O) groups excluding carboxylic acids is 2. The smallest absolute Gasteiger partial charge is 0.168 e. The molecule has 2 aromatic rings. The molecule has 0 aliphatic heterocycles. The Morgan fingerprint density at radius 3 is 2.70 bits per heavy atom. The van der Waals surface area contributed by atoms with Gasteiger partial charge in [0.1, 0.15) is 11.5 Å². The predicted octanol–water partition coefficient (Wildman–Crippen LogP) is 5.35. The van der Waals surface area contributed by atoms with Gasteiger partial charge in [-0.2, -0.15) is 0 Å². The van der Waals surface area contributed by atoms with E-state index in [0.717, 1.165) is 5.56 Å². The highest BCUT2D eigenvalue weighted by atomic mass is 16.5. The summed E-state index contributed by atoms with van der Waals surface area (Å²) in [6.45, 7) is 8.14. The molecule has 1 atom stereocenters. The van der Waals surface area contributed by atoms with Gasteiger partial charge < -0.3 is 9.63 Å². The molecule has 1 N–H and O–H groups in total. The SMILES string of the molecule is C=CCN=C1CC(C)(C)CC(=O)/C1=C(/O)CCc1noc2c1C(=O)CC(c1ccccc1)C2. The van der Waals surface area contributed by atoms with Gasteiger partial charge in [-0.25, -0.2) is 0 Å². The van der Waals surface area contributed by atoms with Crippen LogP contribution >= 0.6 is 0 Å². The fourth-order valence-corrected chi connectivity index (χ4v) is 4.86. The van der Waals surface area contributed by atoms with Gasteiger partial charge in [0.15, 0.2) is 11.6 Å². The molecule has 0 amide bonds. The first-order chi connectivity index (χ1) is 15.8. The molecular formula is C27H30N2O4. The maximum absolute atomic E-state index is 12.9. The Morgan fingerprint density at radius 1 is 1.21 bits per heavy atom. The van der Waals surface area contributed by atoms with Crippen LogP contribution in [-0.2, 0) is 17.6 Å². The number of ketones is 2. The molecule has 172 valence electrons. The van der Waals surface area contributed by atoms with E-state index in [-0.39, 0.29) is 35.1 Å². The highest BCUT2D eigenvalue weighted by molar-refractivity contribution is 6.24. The van der Waals surface area contributed by atoms with Crippen molar-refractivity contribution >= 4 is 17.3 Å². The van der Waals surface area contributed by atoms with Crippen molar-refractivity contribution in [2.24, 2.45) is 10.4 Å². The molecule has 1 aromatic heterocycles. The number of aliphatic imine (C=N–C) groups is 1. The standard InChI is InChI=1S/C27H30N2O4/c1-4-12-28-20-15-27(2,3)16-23(32)25(20)21(30)11-10-19-26-22(31)13-18(14-24(26)33-29-19)17-8-6-5-7-9-17/h4-9,18,30H,1,10-16H2,2-3H3/b25-21+,28-20?. The van der Waals surface area contributed by atoms with Crippen molar-refractivity contribution in [2.75, 3.05) is 6.54 Å². The third-order valence-corrected chi connectivity index (χ3v) is 6.40. The molecule has 4 rings (SSSR count). The van der Waals surface area contributed by atoms with E-state index in [4.69, 9.17) is 4.52 Å². The molecule has 1 heterocycles. The molecule has 2 aliphatic rings. The second-order valence-corrected chi connectivity index (χ2v) is 9.71. The minimum atomic E-state index is -0.201. The number of aliphatic hydroxyl groups is 1. The number of aliphatic hydroxyl groups excluding tert-OH is 1. The summed E-state index contributed by atoms with van der Waals surface area (Å²) in [6.07, 6.45) is 4.19. The van der Waals surface area contributed by atoms with Gasteiger partial charge in [0.25, 0.3) is 0 Å². The van der Waals surface area contributed by atoms with Crippen molar-refractivity contribution in [3.05, 3.63) is 76.9 Å². The Morgan fingerprint density at radius 2 is 1.97 bits per heavy atom. The number of fused-ring (bicyclic) bond motifs is 1. The molecular weight excluding hydrogens is 416 g/mol. The maximum Gasteiger partial charge on any atom is 0.168 e. The van der Waals surface area contributed by atoms with Crippen LogP contribution in [0.1, 0.15) is 72.8 Å². The van der Waals surface area contributed by atoms with E-state index in [0.29, 0.717) is 67.0 Å². The Hall–Kier alpha value is -3.28. The molecule has 1 fully saturated rings. The molecule has 6 heteroatoms. The second kappa shape index (κ2) is 9.30. The summed E-state index contributed by atoms with van der Waals surface area (Å²) in [5.41, 5.74) is 2.93. The minimum Gasteiger partial charge on any atom is -0.511 e. The fourth-order valence-electron chi connectivity index (χ4n) is 4.86. The number of nitrogens with zero attached hydrogens (tertiary/aromatic N) is 2. The number of Topliss-reactive ketones (excluding diaryl/α,β-unsaturated/α-hetero) is 2. The van der Waals surface area contributed by atoms with Gasteiger partial charge in [-0.15, -0.1) is 6.58 Å².